The molecule has 42 heavy (non-hydrogen) atoms. The van der Waals surface area contributed by atoms with Crippen LogP contribution < -0.4 is 21.1 Å². The number of hydrogen-bond donors (Lipinski definition) is 4. The first-order chi connectivity index (χ1) is 20.0. The summed E-state index contributed by atoms with van der Waals surface area (Å²) in [6.45, 7) is 3.19. The Balaban J connectivity index is 1.59. The minimum atomic E-state index is -3.21. The van der Waals surface area contributed by atoms with Crippen LogP contribution in [0.25, 0.3) is 10.9 Å². The molecular formula is C30H32F3N5O4. The van der Waals surface area contributed by atoms with Crippen molar-refractivity contribution >= 4 is 34.2 Å². The van der Waals surface area contributed by atoms with Crippen LogP contribution in [0.15, 0.2) is 55.1 Å². The monoisotopic (exact) mass is 583 g/mol. The van der Waals surface area contributed by atoms with Gasteiger partial charge in [-0.05, 0) is 54.8 Å². The van der Waals surface area contributed by atoms with Gasteiger partial charge in [0.15, 0.2) is 0 Å². The summed E-state index contributed by atoms with van der Waals surface area (Å²) in [5.74, 6) is 1.37. The Kier molecular flexibility index (Phi) is 9.32. The normalized spacial score (nSPS) is 17.2. The summed E-state index contributed by atoms with van der Waals surface area (Å²) < 4.78 is 50.7. The molecule has 222 valence electrons. The molecule has 2 aromatic carbocycles. The number of nitrogens with one attached hydrogen (secondary N) is 2. The van der Waals surface area contributed by atoms with Crippen molar-refractivity contribution < 1.29 is 32.6 Å². The molecule has 0 spiro atoms. The number of aromatic nitrogens is 1. The third-order valence-electron chi connectivity index (χ3n) is 6.99. The Hall–Kier alpha value is -4.63. The van der Waals surface area contributed by atoms with E-state index >= 15 is 4.39 Å². The summed E-state index contributed by atoms with van der Waals surface area (Å²) in [5, 5.41) is 16.1. The van der Waals surface area contributed by atoms with Gasteiger partial charge in [-0.2, -0.15) is 0 Å². The molecule has 0 saturated carbocycles. The first-order valence-corrected chi connectivity index (χ1v) is 13.2. The van der Waals surface area contributed by atoms with Crippen LogP contribution in [0.2, 0.25) is 0 Å². The van der Waals surface area contributed by atoms with E-state index in [-0.39, 0.29) is 25.2 Å². The van der Waals surface area contributed by atoms with E-state index in [1.54, 1.807) is 35.2 Å². The number of nitrogens with two attached hydrogens (primary N) is 1. The maximum absolute atomic E-state index is 15.0. The number of likely N-dealkylation sites (tertiary alicyclic amines) is 1. The standard InChI is InChI=1S/C30H32F3N5O4/c1-3-30(32,33)18-38-20(6-5-12-35-25-10-9-19(29(40)41)14-27(25)42-2)15-21-23(7-4-8-26(21)38)36-24-11-13-37(16-22(24)31)17-28(34)39/h3-4,7-10,14-15,22,24,35-36H,1,11-13,16-18H2,2H3,(H2,34,39)(H,40,41)/t22-,24+/m0/s1. The SMILES string of the molecule is C=CC(F)(F)Cn1c(C#CCNc2ccc(C(=O)O)cc2OC)cc2c(N[C@@H]3CCN(CC(N)=O)C[C@@H]3F)cccc21. The van der Waals surface area contributed by atoms with Crippen molar-refractivity contribution in [2.45, 2.75) is 31.1 Å². The summed E-state index contributed by atoms with van der Waals surface area (Å²) in [5.41, 5.74) is 7.22. The zero-order chi connectivity index (χ0) is 30.4. The predicted molar refractivity (Wildman–Crippen MR) is 155 cm³/mol. The number of primary amides is 1. The van der Waals surface area contributed by atoms with Gasteiger partial charge in [0.1, 0.15) is 11.9 Å². The van der Waals surface area contributed by atoms with Crippen LogP contribution in [0.5, 0.6) is 5.75 Å². The summed E-state index contributed by atoms with van der Waals surface area (Å²) >= 11 is 0. The molecule has 1 aliphatic rings. The largest absolute Gasteiger partial charge is 0.495 e. The number of aromatic carboxylic acids is 1. The number of carboxylic acid groups (broad SMARTS) is 1. The second-order valence-electron chi connectivity index (χ2n) is 9.95. The molecule has 1 fully saturated rings. The van der Waals surface area contributed by atoms with Gasteiger partial charge < -0.3 is 30.8 Å². The molecule has 1 aliphatic heterocycles. The number of anilines is 2. The van der Waals surface area contributed by atoms with Gasteiger partial charge in [-0.15, -0.1) is 0 Å². The molecular weight excluding hydrogens is 551 g/mol. The highest BCUT2D eigenvalue weighted by Gasteiger charge is 2.31. The lowest BCUT2D eigenvalue weighted by Gasteiger charge is -2.35. The summed E-state index contributed by atoms with van der Waals surface area (Å²) in [7, 11) is 1.41. The van der Waals surface area contributed by atoms with Crippen LogP contribution in [0.1, 0.15) is 22.5 Å². The number of allylic oxidation sites excluding steroid dienone is 1. The number of amides is 1. The van der Waals surface area contributed by atoms with E-state index in [2.05, 4.69) is 29.1 Å². The lowest BCUT2D eigenvalue weighted by molar-refractivity contribution is -0.119. The van der Waals surface area contributed by atoms with E-state index < -0.39 is 36.6 Å². The molecule has 9 nitrogen and oxygen atoms in total. The van der Waals surface area contributed by atoms with Gasteiger partial charge in [0, 0.05) is 24.2 Å². The first-order valence-electron chi connectivity index (χ1n) is 13.2. The molecule has 3 aromatic rings. The maximum Gasteiger partial charge on any atom is 0.335 e. The second kappa shape index (κ2) is 12.9. The molecule has 1 amide bonds. The van der Waals surface area contributed by atoms with E-state index in [0.29, 0.717) is 52.8 Å². The van der Waals surface area contributed by atoms with Gasteiger partial charge in [0.25, 0.3) is 5.92 Å². The maximum atomic E-state index is 15.0. The average molecular weight is 584 g/mol. The van der Waals surface area contributed by atoms with E-state index in [0.717, 1.165) is 0 Å². The number of fused-ring (bicyclic) bond motifs is 1. The highest BCUT2D eigenvalue weighted by Crippen LogP contribution is 2.32. The number of carboxylic acids is 1. The number of rotatable bonds is 11. The van der Waals surface area contributed by atoms with Crippen molar-refractivity contribution in [2.24, 2.45) is 5.73 Å². The number of carbonyl (C=O) groups is 2. The number of alkyl halides is 3. The Labute approximate surface area is 241 Å². The van der Waals surface area contributed by atoms with Crippen LogP contribution in [0.4, 0.5) is 24.5 Å². The summed E-state index contributed by atoms with van der Waals surface area (Å²) in [4.78, 5) is 24.1. The van der Waals surface area contributed by atoms with E-state index in [1.807, 2.05) is 0 Å². The van der Waals surface area contributed by atoms with Crippen LogP contribution in [0.3, 0.4) is 0 Å². The Morgan fingerprint density at radius 3 is 2.71 bits per heavy atom. The Morgan fingerprint density at radius 1 is 1.26 bits per heavy atom. The zero-order valence-corrected chi connectivity index (χ0v) is 23.0. The Bertz CT molecular complexity index is 1540. The molecule has 0 radical (unpaired) electrons. The number of nitrogens with zero attached hydrogens (tertiary/aromatic N) is 2. The fourth-order valence-electron chi connectivity index (χ4n) is 4.90. The van der Waals surface area contributed by atoms with Gasteiger partial charge in [0.05, 0.1) is 55.2 Å². The summed E-state index contributed by atoms with van der Waals surface area (Å²) in [6.07, 6.45) is -0.261. The minimum absolute atomic E-state index is 0.0135. The predicted octanol–water partition coefficient (Wildman–Crippen LogP) is 3.94. The lowest BCUT2D eigenvalue weighted by atomic mass is 10.0. The van der Waals surface area contributed by atoms with Crippen molar-refractivity contribution in [1.82, 2.24) is 9.47 Å². The first kappa shape index (κ1) is 30.3. The second-order valence-corrected chi connectivity index (χ2v) is 9.95. The number of halogens is 3. The van der Waals surface area contributed by atoms with Crippen LogP contribution in [-0.4, -0.2) is 77.9 Å². The van der Waals surface area contributed by atoms with Crippen LogP contribution >= 0.6 is 0 Å². The van der Waals surface area contributed by atoms with Crippen molar-refractivity contribution in [3.8, 4) is 17.6 Å². The molecule has 5 N–H and O–H groups in total. The number of benzene rings is 2. The highest BCUT2D eigenvalue weighted by atomic mass is 19.3. The smallest absolute Gasteiger partial charge is 0.335 e. The van der Waals surface area contributed by atoms with Crippen molar-refractivity contribution in [2.75, 3.05) is 43.9 Å². The van der Waals surface area contributed by atoms with E-state index in [9.17, 15) is 23.5 Å². The van der Waals surface area contributed by atoms with Crippen molar-refractivity contribution in [3.05, 3.63) is 66.4 Å². The number of ether oxygens (including phenoxy) is 1. The summed E-state index contributed by atoms with van der Waals surface area (Å²) in [6, 6.07) is 10.7. The van der Waals surface area contributed by atoms with Crippen molar-refractivity contribution in [3.63, 3.8) is 0 Å². The van der Waals surface area contributed by atoms with Crippen molar-refractivity contribution in [1.29, 1.82) is 0 Å². The quantitative estimate of drug-likeness (QED) is 0.199. The fraction of sp³-hybridized carbons (Fsp3) is 0.333. The van der Waals surface area contributed by atoms with Gasteiger partial charge in [0.2, 0.25) is 5.91 Å². The van der Waals surface area contributed by atoms with Crippen LogP contribution in [0, 0.1) is 11.8 Å². The van der Waals surface area contributed by atoms with Gasteiger partial charge >= 0.3 is 5.97 Å². The molecule has 0 aliphatic carbocycles. The van der Waals surface area contributed by atoms with Crippen LogP contribution in [-0.2, 0) is 11.3 Å². The fourth-order valence-corrected chi connectivity index (χ4v) is 4.90. The molecule has 2 heterocycles. The van der Waals surface area contributed by atoms with E-state index in [1.165, 1.54) is 23.8 Å². The average Bonchev–Trinajstić information content (AvgIpc) is 3.29. The topological polar surface area (TPSA) is 122 Å². The molecule has 0 unspecified atom stereocenters. The number of methoxy groups -OCH3 is 1. The van der Waals surface area contributed by atoms with Gasteiger partial charge in [-0.3, -0.25) is 9.69 Å². The highest BCUT2D eigenvalue weighted by molar-refractivity contribution is 5.94. The van der Waals surface area contributed by atoms with Gasteiger partial charge in [-0.1, -0.05) is 18.6 Å². The number of carbonyl (C=O) groups excluding carboxylic acids is 1. The molecule has 1 saturated heterocycles. The lowest BCUT2D eigenvalue weighted by Crippen LogP contribution is -2.49. The van der Waals surface area contributed by atoms with E-state index in [4.69, 9.17) is 10.5 Å². The molecule has 12 heteroatoms. The molecule has 2 atom stereocenters. The number of piperidine rings is 1. The third-order valence-corrected chi connectivity index (χ3v) is 6.99. The third kappa shape index (κ3) is 7.16. The zero-order valence-electron chi connectivity index (χ0n) is 23.0. The molecule has 1 aromatic heterocycles. The molecule has 0 bridgehead atoms. The molecule has 4 rings (SSSR count). The minimum Gasteiger partial charge on any atom is -0.495 e. The number of hydrogen-bond acceptors (Lipinski definition) is 6. The Morgan fingerprint density at radius 2 is 2.05 bits per heavy atom. The van der Waals surface area contributed by atoms with Gasteiger partial charge in [-0.25, -0.2) is 18.0 Å².